The number of nitrogens with one attached hydrogen (secondary N) is 1. The van der Waals surface area contributed by atoms with Crippen molar-refractivity contribution in [3.8, 4) is 5.75 Å². The van der Waals surface area contributed by atoms with Gasteiger partial charge in [0.05, 0.1) is 18.3 Å². The van der Waals surface area contributed by atoms with Crippen LogP contribution < -0.4 is 10.1 Å². The Morgan fingerprint density at radius 2 is 2.19 bits per heavy atom. The van der Waals surface area contributed by atoms with Crippen LogP contribution in [0.3, 0.4) is 0 Å². The molecule has 2 aromatic rings. The minimum Gasteiger partial charge on any atom is -0.494 e. The van der Waals surface area contributed by atoms with Crippen LogP contribution in [-0.2, 0) is 7.05 Å². The average molecular weight is 353 g/mol. The summed E-state index contributed by atoms with van der Waals surface area (Å²) < 4.78 is 8.27. The Labute approximate surface area is 133 Å². The molecule has 0 fully saturated rings. The van der Waals surface area contributed by atoms with E-state index in [0.29, 0.717) is 0 Å². The molecule has 0 radical (unpaired) electrons. The molecule has 1 N–H and O–H groups in total. The first-order valence-corrected chi connectivity index (χ1v) is 7.97. The quantitative estimate of drug-likeness (QED) is 0.831. The molecule has 0 aliphatic rings. The number of hydrogen-bond acceptors (Lipinski definition) is 4. The van der Waals surface area contributed by atoms with Crippen LogP contribution in [0.1, 0.15) is 37.6 Å². The first-order valence-electron chi connectivity index (χ1n) is 7.18. The van der Waals surface area contributed by atoms with Gasteiger partial charge in [-0.3, -0.25) is 0 Å². The maximum absolute atomic E-state index is 5.72. The maximum Gasteiger partial charge on any atom is 0.153 e. The predicted octanol–water partition coefficient (Wildman–Crippen LogP) is 3.07. The molecule has 0 bridgehead atoms. The average Bonchev–Trinajstić information content (AvgIpc) is 2.82. The van der Waals surface area contributed by atoms with Crippen LogP contribution in [0, 0.1) is 0 Å². The Kier molecular flexibility index (Phi) is 5.76. The van der Waals surface area contributed by atoms with Crippen LogP contribution in [0.2, 0.25) is 0 Å². The number of hydrogen-bond donors (Lipinski definition) is 1. The molecule has 0 aliphatic carbocycles. The number of aryl methyl sites for hydroxylation is 1. The van der Waals surface area contributed by atoms with Crippen molar-refractivity contribution in [2.75, 3.05) is 13.2 Å². The number of halogens is 1. The maximum atomic E-state index is 5.72. The van der Waals surface area contributed by atoms with Gasteiger partial charge in [0.2, 0.25) is 0 Å². The van der Waals surface area contributed by atoms with Crippen molar-refractivity contribution in [1.82, 2.24) is 20.3 Å². The van der Waals surface area contributed by atoms with Gasteiger partial charge in [-0.15, -0.1) is 5.10 Å². The van der Waals surface area contributed by atoms with Crippen molar-refractivity contribution in [1.29, 1.82) is 0 Å². The van der Waals surface area contributed by atoms with Gasteiger partial charge in [-0.25, -0.2) is 4.68 Å². The largest absolute Gasteiger partial charge is 0.494 e. The molecule has 1 aromatic heterocycles. The highest BCUT2D eigenvalue weighted by molar-refractivity contribution is 9.10. The number of nitrogens with zero attached hydrogens (tertiary/aromatic N) is 3. The predicted molar refractivity (Wildman–Crippen MR) is 86.5 cm³/mol. The lowest BCUT2D eigenvalue weighted by atomic mass is 10.0. The molecule has 0 aliphatic heterocycles. The fourth-order valence-corrected chi connectivity index (χ4v) is 2.78. The van der Waals surface area contributed by atoms with Gasteiger partial charge >= 0.3 is 0 Å². The molecule has 0 saturated carbocycles. The Bertz CT molecular complexity index is 565. The van der Waals surface area contributed by atoms with Crippen molar-refractivity contribution >= 4 is 15.9 Å². The highest BCUT2D eigenvalue weighted by atomic mass is 79.9. The van der Waals surface area contributed by atoms with Crippen molar-refractivity contribution in [3.05, 3.63) is 40.1 Å². The van der Waals surface area contributed by atoms with E-state index in [1.807, 2.05) is 19.2 Å². The lowest BCUT2D eigenvalue weighted by molar-refractivity contribution is 0.317. The summed E-state index contributed by atoms with van der Waals surface area (Å²) in [4.78, 5) is 0. The van der Waals surface area contributed by atoms with Crippen LogP contribution in [0.4, 0.5) is 0 Å². The van der Waals surface area contributed by atoms with Crippen LogP contribution in [-0.4, -0.2) is 28.1 Å². The van der Waals surface area contributed by atoms with E-state index in [-0.39, 0.29) is 6.04 Å². The smallest absolute Gasteiger partial charge is 0.153 e. The van der Waals surface area contributed by atoms with Gasteiger partial charge < -0.3 is 10.1 Å². The Balaban J connectivity index is 2.34. The molecule has 0 saturated heterocycles. The van der Waals surface area contributed by atoms with Crippen molar-refractivity contribution in [2.24, 2.45) is 7.05 Å². The summed E-state index contributed by atoms with van der Waals surface area (Å²) in [5.41, 5.74) is 2.14. The highest BCUT2D eigenvalue weighted by Crippen LogP contribution is 2.28. The second-order valence-corrected chi connectivity index (χ2v) is 5.55. The van der Waals surface area contributed by atoms with Gasteiger partial charge in [-0.05, 0) is 46.6 Å². The van der Waals surface area contributed by atoms with Crippen LogP contribution in [0.15, 0.2) is 28.9 Å². The van der Waals surface area contributed by atoms with E-state index < -0.39 is 0 Å². The molecule has 0 spiro atoms. The van der Waals surface area contributed by atoms with Gasteiger partial charge in [0.1, 0.15) is 5.75 Å². The monoisotopic (exact) mass is 352 g/mol. The molecule has 0 amide bonds. The van der Waals surface area contributed by atoms with E-state index in [4.69, 9.17) is 4.74 Å². The van der Waals surface area contributed by atoms with Gasteiger partial charge in [0.25, 0.3) is 0 Å². The van der Waals surface area contributed by atoms with Crippen LogP contribution in [0.25, 0.3) is 0 Å². The number of rotatable bonds is 7. The molecule has 1 aromatic carbocycles. The molecular formula is C15H21BrN4O. The molecule has 2 rings (SSSR count). The van der Waals surface area contributed by atoms with Gasteiger partial charge in [0.15, 0.2) is 4.60 Å². The zero-order chi connectivity index (χ0) is 15.2. The zero-order valence-corrected chi connectivity index (χ0v) is 14.2. The molecule has 1 heterocycles. The summed E-state index contributed by atoms with van der Waals surface area (Å²) in [5, 5.41) is 11.6. The molecule has 5 nitrogen and oxygen atoms in total. The number of ether oxygens (including phenoxy) is 1. The van der Waals surface area contributed by atoms with E-state index in [1.54, 1.807) is 4.68 Å². The first-order chi connectivity index (χ1) is 10.2. The summed E-state index contributed by atoms with van der Waals surface area (Å²) in [6, 6.07) is 8.18. The lowest BCUT2D eigenvalue weighted by Crippen LogP contribution is -2.24. The fourth-order valence-electron chi connectivity index (χ4n) is 2.23. The third kappa shape index (κ3) is 3.83. The Morgan fingerprint density at radius 3 is 2.81 bits per heavy atom. The molecular weight excluding hydrogens is 332 g/mol. The Hall–Kier alpha value is -1.40. The van der Waals surface area contributed by atoms with Crippen molar-refractivity contribution in [2.45, 2.75) is 26.3 Å². The van der Waals surface area contributed by atoms with E-state index in [2.05, 4.69) is 57.5 Å². The summed E-state index contributed by atoms with van der Waals surface area (Å²) in [7, 11) is 1.90. The lowest BCUT2D eigenvalue weighted by Gasteiger charge is -2.19. The Morgan fingerprint density at radius 1 is 1.38 bits per heavy atom. The standard InChI is InChI=1S/C15H21BrN4O/c1-4-9-21-12-8-6-7-11(10-12)13(17-5-2)14-15(16)18-19-20(14)3/h6-8,10,13,17H,4-5,9H2,1-3H3. The van der Waals surface area contributed by atoms with E-state index >= 15 is 0 Å². The second-order valence-electron chi connectivity index (χ2n) is 4.80. The molecule has 1 unspecified atom stereocenters. The van der Waals surface area contributed by atoms with Gasteiger partial charge in [0, 0.05) is 7.05 Å². The minimum absolute atomic E-state index is 0.0227. The highest BCUT2D eigenvalue weighted by Gasteiger charge is 2.21. The molecule has 114 valence electrons. The minimum atomic E-state index is 0.0227. The van der Waals surface area contributed by atoms with Gasteiger partial charge in [-0.1, -0.05) is 31.2 Å². The molecule has 6 heteroatoms. The summed E-state index contributed by atoms with van der Waals surface area (Å²) in [5.74, 6) is 0.892. The number of aromatic nitrogens is 3. The third-order valence-corrected chi connectivity index (χ3v) is 3.74. The van der Waals surface area contributed by atoms with Crippen molar-refractivity contribution < 1.29 is 4.74 Å². The summed E-state index contributed by atoms with van der Waals surface area (Å²) in [6.07, 6.45) is 0.998. The first kappa shape index (κ1) is 16.0. The van der Waals surface area contributed by atoms with Crippen LogP contribution in [0.5, 0.6) is 5.75 Å². The van der Waals surface area contributed by atoms with E-state index in [1.165, 1.54) is 0 Å². The van der Waals surface area contributed by atoms with E-state index in [0.717, 1.165) is 41.2 Å². The normalized spacial score (nSPS) is 12.4. The van der Waals surface area contributed by atoms with Crippen LogP contribution >= 0.6 is 15.9 Å². The second kappa shape index (κ2) is 7.56. The van der Waals surface area contributed by atoms with E-state index in [9.17, 15) is 0 Å². The summed E-state index contributed by atoms with van der Waals surface area (Å²) >= 11 is 3.48. The molecule has 1 atom stereocenters. The topological polar surface area (TPSA) is 52.0 Å². The van der Waals surface area contributed by atoms with Gasteiger partial charge in [-0.2, -0.15) is 0 Å². The zero-order valence-electron chi connectivity index (χ0n) is 12.6. The SMILES string of the molecule is CCCOc1cccc(C(NCC)c2c(Br)nnn2C)c1. The fraction of sp³-hybridized carbons (Fsp3) is 0.467. The third-order valence-electron chi connectivity index (χ3n) is 3.17. The van der Waals surface area contributed by atoms with Crippen molar-refractivity contribution in [3.63, 3.8) is 0 Å². The number of benzene rings is 1. The molecule has 21 heavy (non-hydrogen) atoms. The summed E-state index contributed by atoms with van der Waals surface area (Å²) in [6.45, 7) is 5.76.